The van der Waals surface area contributed by atoms with Crippen molar-refractivity contribution in [3.63, 3.8) is 0 Å². The molecular formula is C75H138O6. The average Bonchev–Trinajstić information content (AvgIpc) is 3.47. The molecule has 0 bridgehead atoms. The van der Waals surface area contributed by atoms with Gasteiger partial charge in [0.05, 0.1) is 0 Å². The molecule has 0 heterocycles. The van der Waals surface area contributed by atoms with Crippen LogP contribution in [0, 0.1) is 0 Å². The molecule has 0 aromatic carbocycles. The van der Waals surface area contributed by atoms with Gasteiger partial charge in [0.15, 0.2) is 6.10 Å². The van der Waals surface area contributed by atoms with Crippen LogP contribution < -0.4 is 0 Å². The van der Waals surface area contributed by atoms with Crippen molar-refractivity contribution in [2.45, 2.75) is 399 Å². The van der Waals surface area contributed by atoms with Crippen LogP contribution in [0.25, 0.3) is 0 Å². The molecule has 1 atom stereocenters. The Hall–Kier alpha value is -2.63. The molecule has 0 aliphatic heterocycles. The lowest BCUT2D eigenvalue weighted by atomic mass is 10.0. The summed E-state index contributed by atoms with van der Waals surface area (Å²) in [5.41, 5.74) is 0. The maximum atomic E-state index is 12.9. The summed E-state index contributed by atoms with van der Waals surface area (Å²) in [5, 5.41) is 0. The van der Waals surface area contributed by atoms with Crippen molar-refractivity contribution in [3.05, 3.63) is 48.6 Å². The van der Waals surface area contributed by atoms with Crippen LogP contribution in [-0.2, 0) is 28.6 Å². The Morgan fingerprint density at radius 2 is 0.457 bits per heavy atom. The van der Waals surface area contributed by atoms with Crippen molar-refractivity contribution in [3.8, 4) is 0 Å². The molecule has 0 aliphatic rings. The van der Waals surface area contributed by atoms with Crippen LogP contribution in [0.4, 0.5) is 0 Å². The number of rotatable bonds is 67. The summed E-state index contributed by atoms with van der Waals surface area (Å²) in [5.74, 6) is -0.859. The molecule has 0 rings (SSSR count). The summed E-state index contributed by atoms with van der Waals surface area (Å²) in [6.07, 6.45) is 88.7. The van der Waals surface area contributed by atoms with Crippen LogP contribution in [0.15, 0.2) is 48.6 Å². The van der Waals surface area contributed by atoms with Crippen molar-refractivity contribution in [1.82, 2.24) is 0 Å². The Morgan fingerprint density at radius 3 is 0.716 bits per heavy atom. The third kappa shape index (κ3) is 68.0. The minimum Gasteiger partial charge on any atom is -0.462 e. The molecule has 0 aromatic heterocycles. The normalized spacial score (nSPS) is 12.3. The van der Waals surface area contributed by atoms with Crippen LogP contribution in [0.1, 0.15) is 393 Å². The second kappa shape index (κ2) is 69.9. The van der Waals surface area contributed by atoms with Gasteiger partial charge in [-0.1, -0.05) is 345 Å². The first-order valence-electron chi connectivity index (χ1n) is 36.1. The third-order valence-corrected chi connectivity index (χ3v) is 16.3. The molecule has 0 radical (unpaired) electrons. The highest BCUT2D eigenvalue weighted by atomic mass is 16.6. The standard InChI is InChI=1S/C75H138O6/c1-4-7-10-13-16-19-22-25-28-30-31-32-33-34-35-36-37-38-39-40-41-42-43-44-45-46-48-50-53-56-59-62-65-68-74(77)80-71-72(70-79-73(76)67-64-61-58-55-52-49-27-24-21-18-15-12-9-6-3)81-75(78)69-66-63-60-57-54-51-47-29-26-23-20-17-14-11-8-5-2/h15,18,22,24-25,27,30-31,72H,4-14,16-17,19-21,23,26,28-29,32-71H2,1-3H3/b18-15-,25-22-,27-24-,31-30-. The quantitative estimate of drug-likeness (QED) is 0.0261. The summed E-state index contributed by atoms with van der Waals surface area (Å²) in [6.45, 7) is 6.64. The molecule has 0 aliphatic carbocycles. The van der Waals surface area contributed by atoms with E-state index in [4.69, 9.17) is 14.2 Å². The van der Waals surface area contributed by atoms with E-state index in [2.05, 4.69) is 69.4 Å². The predicted molar refractivity (Wildman–Crippen MR) is 353 cm³/mol. The molecule has 0 aromatic rings. The van der Waals surface area contributed by atoms with E-state index in [1.807, 2.05) is 0 Å². The lowest BCUT2D eigenvalue weighted by Crippen LogP contribution is -2.30. The molecule has 0 spiro atoms. The fourth-order valence-electron chi connectivity index (χ4n) is 10.8. The molecule has 6 nitrogen and oxygen atoms in total. The number of esters is 3. The fourth-order valence-corrected chi connectivity index (χ4v) is 10.8. The van der Waals surface area contributed by atoms with E-state index in [9.17, 15) is 14.4 Å². The number of carbonyl (C=O) groups is 3. The number of hydrogen-bond donors (Lipinski definition) is 0. The first-order valence-corrected chi connectivity index (χ1v) is 36.1. The Labute approximate surface area is 505 Å². The summed E-state index contributed by atoms with van der Waals surface area (Å²) in [4.78, 5) is 38.4. The van der Waals surface area contributed by atoms with E-state index in [1.54, 1.807) is 0 Å². The van der Waals surface area contributed by atoms with E-state index in [0.29, 0.717) is 19.3 Å². The van der Waals surface area contributed by atoms with Crippen LogP contribution in [0.2, 0.25) is 0 Å². The van der Waals surface area contributed by atoms with Gasteiger partial charge in [0.2, 0.25) is 0 Å². The molecule has 0 fully saturated rings. The van der Waals surface area contributed by atoms with Gasteiger partial charge in [-0.15, -0.1) is 0 Å². The van der Waals surface area contributed by atoms with Crippen molar-refractivity contribution in [1.29, 1.82) is 0 Å². The van der Waals surface area contributed by atoms with E-state index in [-0.39, 0.29) is 31.1 Å². The van der Waals surface area contributed by atoms with Gasteiger partial charge >= 0.3 is 17.9 Å². The predicted octanol–water partition coefficient (Wildman–Crippen LogP) is 24.9. The maximum absolute atomic E-state index is 12.9. The van der Waals surface area contributed by atoms with E-state index < -0.39 is 6.10 Å². The van der Waals surface area contributed by atoms with Gasteiger partial charge in [0, 0.05) is 19.3 Å². The molecule has 474 valence electrons. The zero-order valence-electron chi connectivity index (χ0n) is 54.6. The Morgan fingerprint density at radius 1 is 0.247 bits per heavy atom. The first kappa shape index (κ1) is 78.4. The minimum atomic E-state index is -0.776. The van der Waals surface area contributed by atoms with E-state index >= 15 is 0 Å². The molecular weight excluding hydrogens is 997 g/mol. The zero-order valence-corrected chi connectivity index (χ0v) is 54.6. The highest BCUT2D eigenvalue weighted by Gasteiger charge is 2.19. The Bertz CT molecular complexity index is 1400. The average molecular weight is 1140 g/mol. The number of unbranched alkanes of at least 4 members (excludes halogenated alkanes) is 48. The van der Waals surface area contributed by atoms with Crippen molar-refractivity contribution in [2.24, 2.45) is 0 Å². The molecule has 81 heavy (non-hydrogen) atoms. The smallest absolute Gasteiger partial charge is 0.306 e. The lowest BCUT2D eigenvalue weighted by molar-refractivity contribution is -0.167. The van der Waals surface area contributed by atoms with Gasteiger partial charge in [-0.3, -0.25) is 14.4 Å². The highest BCUT2D eigenvalue weighted by Crippen LogP contribution is 2.18. The van der Waals surface area contributed by atoms with Gasteiger partial charge in [-0.05, 0) is 77.0 Å². The van der Waals surface area contributed by atoms with Gasteiger partial charge in [0.25, 0.3) is 0 Å². The third-order valence-electron chi connectivity index (χ3n) is 16.3. The second-order valence-corrected chi connectivity index (χ2v) is 24.5. The Kier molecular flexibility index (Phi) is 67.6. The summed E-state index contributed by atoms with van der Waals surface area (Å²) >= 11 is 0. The van der Waals surface area contributed by atoms with Gasteiger partial charge in [-0.25, -0.2) is 0 Å². The largest absolute Gasteiger partial charge is 0.462 e. The number of hydrogen-bond acceptors (Lipinski definition) is 6. The number of carbonyl (C=O) groups excluding carboxylic acids is 3. The molecule has 0 N–H and O–H groups in total. The summed E-state index contributed by atoms with van der Waals surface area (Å²) in [7, 11) is 0. The van der Waals surface area contributed by atoms with Crippen LogP contribution in [0.3, 0.4) is 0 Å². The molecule has 6 heteroatoms. The van der Waals surface area contributed by atoms with Gasteiger partial charge in [-0.2, -0.15) is 0 Å². The fraction of sp³-hybridized carbons (Fsp3) is 0.853. The van der Waals surface area contributed by atoms with Gasteiger partial charge < -0.3 is 14.2 Å². The number of allylic oxidation sites excluding steroid dienone is 8. The SMILES string of the molecule is CCCC/C=C\C/C=C\CCCCCCCC(=O)OCC(COC(=O)CCCCCCCCCCCCCCCCCCCCCCC/C=C\C/C=C\CCCCCCC)OC(=O)CCCCCCCCCCCCCCCCCC. The van der Waals surface area contributed by atoms with Crippen LogP contribution in [0.5, 0.6) is 0 Å². The molecule has 0 saturated heterocycles. The topological polar surface area (TPSA) is 78.9 Å². The van der Waals surface area contributed by atoms with Crippen molar-refractivity contribution >= 4 is 17.9 Å². The monoisotopic (exact) mass is 1140 g/mol. The number of ether oxygens (including phenoxy) is 3. The second-order valence-electron chi connectivity index (χ2n) is 24.5. The molecule has 1 unspecified atom stereocenters. The van der Waals surface area contributed by atoms with Gasteiger partial charge in [0.1, 0.15) is 13.2 Å². The van der Waals surface area contributed by atoms with Crippen LogP contribution in [-0.4, -0.2) is 37.2 Å². The highest BCUT2D eigenvalue weighted by molar-refractivity contribution is 5.71. The van der Waals surface area contributed by atoms with E-state index in [0.717, 1.165) is 83.5 Å². The molecule has 0 saturated carbocycles. The van der Waals surface area contributed by atoms with E-state index in [1.165, 1.54) is 270 Å². The summed E-state index contributed by atoms with van der Waals surface area (Å²) in [6, 6.07) is 0. The van der Waals surface area contributed by atoms with Crippen molar-refractivity contribution < 1.29 is 28.6 Å². The minimum absolute atomic E-state index is 0.0718. The maximum Gasteiger partial charge on any atom is 0.306 e. The molecule has 0 amide bonds. The van der Waals surface area contributed by atoms with Crippen molar-refractivity contribution in [2.75, 3.05) is 13.2 Å². The van der Waals surface area contributed by atoms with Crippen LogP contribution >= 0.6 is 0 Å². The first-order chi connectivity index (χ1) is 40.0. The zero-order chi connectivity index (χ0) is 58.5. The lowest BCUT2D eigenvalue weighted by Gasteiger charge is -2.18. The summed E-state index contributed by atoms with van der Waals surface area (Å²) < 4.78 is 17.0. The Balaban J connectivity index is 4.12.